The van der Waals surface area contributed by atoms with Gasteiger partial charge in [-0.15, -0.1) is 0 Å². The van der Waals surface area contributed by atoms with E-state index in [2.05, 4.69) is 10.4 Å². The van der Waals surface area contributed by atoms with E-state index in [0.717, 1.165) is 18.4 Å². The molecule has 1 aromatic heterocycles. The molecule has 28 heavy (non-hydrogen) atoms. The molecule has 5 nitrogen and oxygen atoms in total. The smallest absolute Gasteiger partial charge is 0.254 e. The van der Waals surface area contributed by atoms with E-state index in [1.807, 2.05) is 24.3 Å². The van der Waals surface area contributed by atoms with Gasteiger partial charge in [0, 0.05) is 17.8 Å². The van der Waals surface area contributed by atoms with Crippen LogP contribution in [0.2, 0.25) is 5.02 Å². The third-order valence-electron chi connectivity index (χ3n) is 4.12. The van der Waals surface area contributed by atoms with Crippen molar-refractivity contribution in [3.05, 3.63) is 82.9 Å². The Kier molecular flexibility index (Phi) is 7.03. The molecule has 0 atom stereocenters. The molecule has 7 heteroatoms. The normalized spacial score (nSPS) is 10.6. The van der Waals surface area contributed by atoms with Crippen LogP contribution in [0.4, 0.5) is 4.39 Å². The van der Waals surface area contributed by atoms with E-state index in [1.54, 1.807) is 29.2 Å². The van der Waals surface area contributed by atoms with Crippen molar-refractivity contribution in [2.75, 3.05) is 13.2 Å². The molecule has 1 N–H and O–H groups in total. The van der Waals surface area contributed by atoms with E-state index in [-0.39, 0.29) is 11.7 Å². The number of hydrogen-bond donors (Lipinski definition) is 1. The SMILES string of the molecule is O=C(NCCCCOc1ccc(F)cc1)c1cnn(Cc2ccccc2Cl)c1. The molecule has 0 bridgehead atoms. The summed E-state index contributed by atoms with van der Waals surface area (Å²) in [5.74, 6) is 0.187. The molecule has 3 rings (SSSR count). The Bertz CT molecular complexity index is 912. The van der Waals surface area contributed by atoms with Gasteiger partial charge in [0.05, 0.1) is 24.9 Å². The third-order valence-corrected chi connectivity index (χ3v) is 4.49. The number of amides is 1. The molecular weight excluding hydrogens is 381 g/mol. The van der Waals surface area contributed by atoms with Gasteiger partial charge in [0.15, 0.2) is 0 Å². The number of nitrogens with zero attached hydrogens (tertiary/aromatic N) is 2. The molecule has 0 aliphatic heterocycles. The van der Waals surface area contributed by atoms with Crippen molar-refractivity contribution in [3.63, 3.8) is 0 Å². The van der Waals surface area contributed by atoms with E-state index in [9.17, 15) is 9.18 Å². The zero-order chi connectivity index (χ0) is 19.8. The molecule has 0 fully saturated rings. The standard InChI is InChI=1S/C21H21ClFN3O2/c22-20-6-2-1-5-16(20)14-26-15-17(13-25-26)21(27)24-11-3-4-12-28-19-9-7-18(23)8-10-19/h1-2,5-10,13,15H,3-4,11-12,14H2,(H,24,27). The predicted octanol–water partition coefficient (Wildman–Crippen LogP) is 4.31. The van der Waals surface area contributed by atoms with Crippen LogP contribution in [0.15, 0.2) is 60.9 Å². The molecule has 0 saturated carbocycles. The first-order valence-corrected chi connectivity index (χ1v) is 9.42. The maximum atomic E-state index is 12.8. The lowest BCUT2D eigenvalue weighted by atomic mass is 10.2. The number of halogens is 2. The lowest BCUT2D eigenvalue weighted by Gasteiger charge is -2.06. The van der Waals surface area contributed by atoms with Crippen LogP contribution < -0.4 is 10.1 Å². The number of unbranched alkanes of at least 4 members (excludes halogenated alkanes) is 1. The van der Waals surface area contributed by atoms with Crippen molar-refractivity contribution in [1.82, 2.24) is 15.1 Å². The van der Waals surface area contributed by atoms with Gasteiger partial charge in [0.25, 0.3) is 5.91 Å². The number of nitrogens with one attached hydrogen (secondary N) is 1. The van der Waals surface area contributed by atoms with Crippen LogP contribution in [0.3, 0.4) is 0 Å². The summed E-state index contributed by atoms with van der Waals surface area (Å²) in [5.41, 5.74) is 1.45. The average molecular weight is 402 g/mol. The fourth-order valence-electron chi connectivity index (χ4n) is 2.62. The summed E-state index contributed by atoms with van der Waals surface area (Å²) in [6, 6.07) is 13.5. The number of hydrogen-bond acceptors (Lipinski definition) is 3. The summed E-state index contributed by atoms with van der Waals surface area (Å²) >= 11 is 6.15. The number of carbonyl (C=O) groups is 1. The monoisotopic (exact) mass is 401 g/mol. The highest BCUT2D eigenvalue weighted by Gasteiger charge is 2.09. The Morgan fingerprint density at radius 3 is 2.71 bits per heavy atom. The summed E-state index contributed by atoms with van der Waals surface area (Å²) in [6.45, 7) is 1.56. The fourth-order valence-corrected chi connectivity index (χ4v) is 2.82. The minimum Gasteiger partial charge on any atom is -0.494 e. The van der Waals surface area contributed by atoms with Crippen molar-refractivity contribution >= 4 is 17.5 Å². The second kappa shape index (κ2) is 9.90. The molecule has 0 spiro atoms. The molecule has 3 aromatic rings. The van der Waals surface area contributed by atoms with Gasteiger partial charge < -0.3 is 10.1 Å². The second-order valence-corrected chi connectivity index (χ2v) is 6.69. The number of benzene rings is 2. The molecule has 1 amide bonds. The Morgan fingerprint density at radius 2 is 1.93 bits per heavy atom. The van der Waals surface area contributed by atoms with Crippen LogP contribution >= 0.6 is 11.6 Å². The van der Waals surface area contributed by atoms with E-state index < -0.39 is 0 Å². The topological polar surface area (TPSA) is 56.1 Å². The van der Waals surface area contributed by atoms with Gasteiger partial charge in [-0.2, -0.15) is 5.10 Å². The first kappa shape index (κ1) is 19.9. The van der Waals surface area contributed by atoms with E-state index in [4.69, 9.17) is 16.3 Å². The average Bonchev–Trinajstić information content (AvgIpc) is 3.16. The first-order chi connectivity index (χ1) is 13.6. The van der Waals surface area contributed by atoms with Gasteiger partial charge in [0.2, 0.25) is 0 Å². The van der Waals surface area contributed by atoms with Gasteiger partial charge in [-0.1, -0.05) is 29.8 Å². The van der Waals surface area contributed by atoms with Crippen molar-refractivity contribution in [3.8, 4) is 5.75 Å². The van der Waals surface area contributed by atoms with E-state index >= 15 is 0 Å². The molecule has 0 aliphatic carbocycles. The quantitative estimate of drug-likeness (QED) is 0.543. The largest absolute Gasteiger partial charge is 0.494 e. The highest BCUT2D eigenvalue weighted by Crippen LogP contribution is 2.16. The Labute approximate surface area is 168 Å². The Balaban J connectivity index is 1.36. The molecule has 0 saturated heterocycles. The molecule has 146 valence electrons. The second-order valence-electron chi connectivity index (χ2n) is 6.28. The maximum Gasteiger partial charge on any atom is 0.254 e. The molecule has 0 aliphatic rings. The minimum atomic E-state index is -0.287. The van der Waals surface area contributed by atoms with Gasteiger partial charge in [-0.25, -0.2) is 4.39 Å². The van der Waals surface area contributed by atoms with E-state index in [1.165, 1.54) is 12.1 Å². The number of rotatable bonds is 9. The van der Waals surface area contributed by atoms with Gasteiger partial charge >= 0.3 is 0 Å². The van der Waals surface area contributed by atoms with Gasteiger partial charge in [-0.05, 0) is 48.7 Å². The number of carbonyl (C=O) groups excluding carboxylic acids is 1. The summed E-state index contributed by atoms with van der Waals surface area (Å²) in [4.78, 5) is 12.2. The summed E-state index contributed by atoms with van der Waals surface area (Å²) in [6.07, 6.45) is 4.81. The fraction of sp³-hybridized carbons (Fsp3) is 0.238. The zero-order valence-corrected chi connectivity index (χ0v) is 16.0. The van der Waals surface area contributed by atoms with Crippen molar-refractivity contribution < 1.29 is 13.9 Å². The van der Waals surface area contributed by atoms with Crippen LogP contribution in [-0.2, 0) is 6.54 Å². The van der Waals surface area contributed by atoms with Crippen LogP contribution in [0.5, 0.6) is 5.75 Å². The molecule has 0 unspecified atom stereocenters. The number of aromatic nitrogens is 2. The van der Waals surface area contributed by atoms with Crippen LogP contribution in [0, 0.1) is 5.82 Å². The summed E-state index contributed by atoms with van der Waals surface area (Å²) in [5, 5.41) is 7.76. The van der Waals surface area contributed by atoms with Crippen molar-refractivity contribution in [2.24, 2.45) is 0 Å². The highest BCUT2D eigenvalue weighted by molar-refractivity contribution is 6.31. The Hall–Kier alpha value is -2.86. The maximum absolute atomic E-state index is 12.8. The van der Waals surface area contributed by atoms with Gasteiger partial charge in [-0.3, -0.25) is 9.48 Å². The summed E-state index contributed by atoms with van der Waals surface area (Å²) in [7, 11) is 0. The molecule has 0 radical (unpaired) electrons. The predicted molar refractivity (Wildman–Crippen MR) is 106 cm³/mol. The first-order valence-electron chi connectivity index (χ1n) is 9.04. The lowest BCUT2D eigenvalue weighted by molar-refractivity contribution is 0.0952. The number of ether oxygens (including phenoxy) is 1. The lowest BCUT2D eigenvalue weighted by Crippen LogP contribution is -2.24. The van der Waals surface area contributed by atoms with Crippen molar-refractivity contribution in [1.29, 1.82) is 0 Å². The molecular formula is C21H21ClFN3O2. The molecule has 2 aromatic carbocycles. The molecule has 1 heterocycles. The van der Waals surface area contributed by atoms with Crippen molar-refractivity contribution in [2.45, 2.75) is 19.4 Å². The summed E-state index contributed by atoms with van der Waals surface area (Å²) < 4.78 is 20.0. The third kappa shape index (κ3) is 5.82. The van der Waals surface area contributed by atoms with Gasteiger partial charge in [0.1, 0.15) is 11.6 Å². The minimum absolute atomic E-state index is 0.162. The van der Waals surface area contributed by atoms with E-state index in [0.29, 0.717) is 36.0 Å². The van der Waals surface area contributed by atoms with Crippen LogP contribution in [0.1, 0.15) is 28.8 Å². The highest BCUT2D eigenvalue weighted by atomic mass is 35.5. The Morgan fingerprint density at radius 1 is 1.14 bits per heavy atom. The van der Waals surface area contributed by atoms with Crippen LogP contribution in [0.25, 0.3) is 0 Å². The zero-order valence-electron chi connectivity index (χ0n) is 15.3. The van der Waals surface area contributed by atoms with Crippen LogP contribution in [-0.4, -0.2) is 28.8 Å².